The summed E-state index contributed by atoms with van der Waals surface area (Å²) in [7, 11) is 1.43. The first-order valence-electron chi connectivity index (χ1n) is 5.08. The molecule has 0 saturated carbocycles. The quantitative estimate of drug-likeness (QED) is 0.397. The Morgan fingerprint density at radius 1 is 1.00 bits per heavy atom. The van der Waals surface area contributed by atoms with E-state index in [4.69, 9.17) is 0 Å². The van der Waals surface area contributed by atoms with Gasteiger partial charge in [-0.2, -0.15) is 0 Å². The molecule has 0 heterocycles. The van der Waals surface area contributed by atoms with Gasteiger partial charge in [0.25, 0.3) is 5.91 Å². The molecule has 0 bridgehead atoms. The van der Waals surface area contributed by atoms with Crippen LogP contribution >= 0.6 is 0 Å². The van der Waals surface area contributed by atoms with E-state index in [1.54, 1.807) is 0 Å². The Kier molecular flexibility index (Phi) is 6.79. The van der Waals surface area contributed by atoms with Crippen molar-refractivity contribution in [1.29, 1.82) is 0 Å². The number of rotatable bonds is 6. The first-order valence-corrected chi connectivity index (χ1v) is 5.08. The molecule has 18 heavy (non-hydrogen) atoms. The van der Waals surface area contributed by atoms with Crippen LogP contribution in [0.3, 0.4) is 0 Å². The van der Waals surface area contributed by atoms with E-state index in [0.717, 1.165) is 0 Å². The summed E-state index contributed by atoms with van der Waals surface area (Å²) in [4.78, 5) is 43.9. The first-order chi connectivity index (χ1) is 8.36. The maximum absolute atomic E-state index is 11.3. The third-order valence-electron chi connectivity index (χ3n) is 1.75. The fourth-order valence-electron chi connectivity index (χ4n) is 0.830. The van der Waals surface area contributed by atoms with Crippen molar-refractivity contribution in [2.75, 3.05) is 20.1 Å². The second kappa shape index (κ2) is 7.82. The molecule has 0 spiro atoms. The normalized spacial score (nSPS) is 9.00. The molecule has 4 amide bonds. The van der Waals surface area contributed by atoms with E-state index in [1.165, 1.54) is 14.0 Å². The van der Waals surface area contributed by atoms with Crippen molar-refractivity contribution in [3.8, 4) is 0 Å². The van der Waals surface area contributed by atoms with Gasteiger partial charge in [0, 0.05) is 14.0 Å². The molecule has 0 saturated heterocycles. The summed E-state index contributed by atoms with van der Waals surface area (Å²) in [5.74, 6) is -1.99. The highest BCUT2D eigenvalue weighted by atomic mass is 16.2. The third kappa shape index (κ3) is 6.99. The predicted octanol–water partition coefficient (Wildman–Crippen LogP) is -2.39. The van der Waals surface area contributed by atoms with Gasteiger partial charge in [0.15, 0.2) is 0 Å². The molecule has 0 aromatic carbocycles. The molecule has 100 valence electrons. The summed E-state index contributed by atoms with van der Waals surface area (Å²) in [6.07, 6.45) is 0. The highest BCUT2D eigenvalue weighted by molar-refractivity contribution is 5.99. The summed E-state index contributed by atoms with van der Waals surface area (Å²) in [5.41, 5.74) is -0.200. The number of nitrogens with one attached hydrogen (secondary N) is 4. The number of amides is 4. The van der Waals surface area contributed by atoms with Crippen LogP contribution in [-0.4, -0.2) is 43.8 Å². The molecule has 0 rings (SSSR count). The Bertz CT molecular complexity index is 378. The Morgan fingerprint density at radius 2 is 1.56 bits per heavy atom. The van der Waals surface area contributed by atoms with E-state index in [-0.39, 0.29) is 30.6 Å². The van der Waals surface area contributed by atoms with Crippen molar-refractivity contribution in [1.82, 2.24) is 21.3 Å². The van der Waals surface area contributed by atoms with Crippen LogP contribution in [-0.2, 0) is 19.2 Å². The lowest BCUT2D eigenvalue weighted by Gasteiger charge is -2.08. The van der Waals surface area contributed by atoms with Crippen LogP contribution in [0.5, 0.6) is 0 Å². The molecule has 0 aliphatic heterocycles. The lowest BCUT2D eigenvalue weighted by Crippen LogP contribution is -2.42. The van der Waals surface area contributed by atoms with Gasteiger partial charge in [-0.05, 0) is 0 Å². The van der Waals surface area contributed by atoms with E-state index < -0.39 is 11.8 Å². The zero-order valence-electron chi connectivity index (χ0n) is 10.3. The maximum atomic E-state index is 11.3. The second-order valence-corrected chi connectivity index (χ2v) is 3.29. The Labute approximate surface area is 104 Å². The monoisotopic (exact) mass is 256 g/mol. The zero-order chi connectivity index (χ0) is 14.1. The van der Waals surface area contributed by atoms with Crippen LogP contribution in [0.25, 0.3) is 0 Å². The molecule has 0 radical (unpaired) electrons. The van der Waals surface area contributed by atoms with Crippen molar-refractivity contribution in [2.24, 2.45) is 0 Å². The average Bonchev–Trinajstić information content (AvgIpc) is 2.32. The van der Waals surface area contributed by atoms with Crippen LogP contribution in [0, 0.1) is 0 Å². The fraction of sp³-hybridized carbons (Fsp3) is 0.400. The Balaban J connectivity index is 4.00. The minimum atomic E-state index is -0.672. The standard InChI is InChI=1S/C10H16N4O4/c1-6(10(18)13-4-8(16)11-3)14-9(17)5-12-7(2)15/h1,4-5H2,2-3H3,(H,11,16)(H,12,15)(H,13,18)(H,14,17). The topological polar surface area (TPSA) is 116 Å². The minimum Gasteiger partial charge on any atom is -0.358 e. The molecular formula is C10H16N4O4. The molecule has 0 unspecified atom stereocenters. The lowest BCUT2D eigenvalue weighted by atomic mass is 10.4. The van der Waals surface area contributed by atoms with Crippen molar-refractivity contribution in [2.45, 2.75) is 6.92 Å². The second-order valence-electron chi connectivity index (χ2n) is 3.29. The highest BCUT2D eigenvalue weighted by Gasteiger charge is 2.11. The third-order valence-corrected chi connectivity index (χ3v) is 1.75. The van der Waals surface area contributed by atoms with E-state index in [0.29, 0.717) is 0 Å². The van der Waals surface area contributed by atoms with Gasteiger partial charge < -0.3 is 21.3 Å². The number of likely N-dealkylation sites (N-methyl/N-ethyl adjacent to an activating group) is 1. The van der Waals surface area contributed by atoms with Crippen LogP contribution in [0.1, 0.15) is 6.92 Å². The van der Waals surface area contributed by atoms with Gasteiger partial charge in [-0.3, -0.25) is 19.2 Å². The number of hydrogen-bond acceptors (Lipinski definition) is 4. The summed E-state index contributed by atoms with van der Waals surface area (Å²) < 4.78 is 0. The summed E-state index contributed by atoms with van der Waals surface area (Å²) in [6.45, 7) is 4.13. The molecule has 0 fully saturated rings. The molecular weight excluding hydrogens is 240 g/mol. The van der Waals surface area contributed by atoms with Crippen molar-refractivity contribution >= 4 is 23.6 Å². The van der Waals surface area contributed by atoms with Crippen LogP contribution in [0.15, 0.2) is 12.3 Å². The maximum Gasteiger partial charge on any atom is 0.267 e. The van der Waals surface area contributed by atoms with Gasteiger partial charge in [0.05, 0.1) is 18.8 Å². The molecule has 0 aromatic rings. The van der Waals surface area contributed by atoms with Crippen molar-refractivity contribution < 1.29 is 19.2 Å². The smallest absolute Gasteiger partial charge is 0.267 e. The average molecular weight is 256 g/mol. The summed E-state index contributed by atoms with van der Waals surface area (Å²) in [6, 6.07) is 0. The molecule has 0 aromatic heterocycles. The molecule has 8 nitrogen and oxygen atoms in total. The Hall–Kier alpha value is -2.38. The van der Waals surface area contributed by atoms with E-state index >= 15 is 0 Å². The van der Waals surface area contributed by atoms with E-state index in [2.05, 4.69) is 27.8 Å². The first kappa shape index (κ1) is 15.6. The van der Waals surface area contributed by atoms with Crippen LogP contribution in [0.4, 0.5) is 0 Å². The largest absolute Gasteiger partial charge is 0.358 e. The van der Waals surface area contributed by atoms with Gasteiger partial charge in [-0.15, -0.1) is 0 Å². The van der Waals surface area contributed by atoms with Gasteiger partial charge in [-0.25, -0.2) is 0 Å². The van der Waals surface area contributed by atoms with Gasteiger partial charge in [0.2, 0.25) is 17.7 Å². The van der Waals surface area contributed by atoms with Gasteiger partial charge in [-0.1, -0.05) is 6.58 Å². The number of hydrogen-bond donors (Lipinski definition) is 4. The lowest BCUT2D eigenvalue weighted by molar-refractivity contribution is -0.126. The number of carbonyl (C=O) groups excluding carboxylic acids is 4. The van der Waals surface area contributed by atoms with Crippen LogP contribution in [0.2, 0.25) is 0 Å². The summed E-state index contributed by atoms with van der Waals surface area (Å²) in [5, 5.41) is 9.01. The predicted molar refractivity (Wildman–Crippen MR) is 63.0 cm³/mol. The van der Waals surface area contributed by atoms with Crippen molar-refractivity contribution in [3.63, 3.8) is 0 Å². The fourth-order valence-corrected chi connectivity index (χ4v) is 0.830. The number of carbonyl (C=O) groups is 4. The minimum absolute atomic E-state index is 0.200. The van der Waals surface area contributed by atoms with Gasteiger partial charge in [0.1, 0.15) is 0 Å². The summed E-state index contributed by atoms with van der Waals surface area (Å²) >= 11 is 0. The van der Waals surface area contributed by atoms with E-state index in [9.17, 15) is 19.2 Å². The van der Waals surface area contributed by atoms with Gasteiger partial charge >= 0.3 is 0 Å². The Morgan fingerprint density at radius 3 is 2.06 bits per heavy atom. The molecule has 0 atom stereocenters. The van der Waals surface area contributed by atoms with Crippen molar-refractivity contribution in [3.05, 3.63) is 12.3 Å². The zero-order valence-corrected chi connectivity index (χ0v) is 10.3. The highest BCUT2D eigenvalue weighted by Crippen LogP contribution is 1.84. The van der Waals surface area contributed by atoms with E-state index in [1.807, 2.05) is 0 Å². The molecule has 0 aliphatic carbocycles. The molecule has 0 aliphatic rings. The SMILES string of the molecule is C=C(NC(=O)CNC(C)=O)C(=O)NCC(=O)NC. The molecule has 8 heteroatoms. The van der Waals surface area contributed by atoms with Crippen LogP contribution < -0.4 is 21.3 Å². The molecule has 4 N–H and O–H groups in total.